The van der Waals surface area contributed by atoms with Crippen LogP contribution >= 0.6 is 11.6 Å². The maximum Gasteiger partial charge on any atom is 0.247 e. The highest BCUT2D eigenvalue weighted by Gasteiger charge is 2.01. The molecule has 1 unspecified atom stereocenters. The van der Waals surface area contributed by atoms with Crippen LogP contribution in [0.3, 0.4) is 0 Å². The summed E-state index contributed by atoms with van der Waals surface area (Å²) in [6.07, 6.45) is 2.29. The van der Waals surface area contributed by atoms with Crippen LogP contribution in [0.4, 0.5) is 0 Å². The Balaban J connectivity index is 3.16. The maximum absolute atomic E-state index is 10.2. The second-order valence-corrected chi connectivity index (χ2v) is 3.19. The molecule has 0 aromatic carbocycles. The second kappa shape index (κ2) is 6.62. The molecule has 0 amide bonds. The molecule has 0 aliphatic rings. The fourth-order valence-corrected chi connectivity index (χ4v) is 0.994. The van der Waals surface area contributed by atoms with Crippen LogP contribution in [0.15, 0.2) is 0 Å². The summed E-state index contributed by atoms with van der Waals surface area (Å²) >= 11 is 5.07. The highest BCUT2D eigenvalue weighted by atomic mass is 35.5. The molecule has 1 atom stereocenters. The zero-order valence-corrected chi connectivity index (χ0v) is 7.86. The fraction of sp³-hybridized carbons (Fsp3) is 0.875. The van der Waals surface area contributed by atoms with E-state index in [4.69, 9.17) is 16.3 Å². The van der Waals surface area contributed by atoms with Gasteiger partial charge in [0.15, 0.2) is 0 Å². The van der Waals surface area contributed by atoms with E-state index in [0.29, 0.717) is 12.5 Å². The predicted octanol–water partition coefficient (Wildman–Crippen LogP) is 2.20. The van der Waals surface area contributed by atoms with E-state index in [0.717, 1.165) is 12.8 Å². The van der Waals surface area contributed by atoms with Gasteiger partial charge in [-0.05, 0) is 23.9 Å². The number of rotatable bonds is 6. The SMILES string of the molecule is CCCC(C)COCC(=O)Cl. The van der Waals surface area contributed by atoms with Crippen LogP contribution in [-0.4, -0.2) is 18.5 Å². The Morgan fingerprint density at radius 3 is 2.73 bits per heavy atom. The molecular formula is C8H15ClO2. The molecule has 0 saturated carbocycles. The van der Waals surface area contributed by atoms with Crippen molar-refractivity contribution in [1.82, 2.24) is 0 Å². The summed E-state index contributed by atoms with van der Waals surface area (Å²) < 4.78 is 5.03. The molecule has 11 heavy (non-hydrogen) atoms. The quantitative estimate of drug-likeness (QED) is 0.583. The lowest BCUT2D eigenvalue weighted by molar-refractivity contribution is -0.116. The van der Waals surface area contributed by atoms with E-state index in [9.17, 15) is 4.79 Å². The van der Waals surface area contributed by atoms with Gasteiger partial charge in [0.05, 0.1) is 0 Å². The minimum absolute atomic E-state index is 0.0373. The summed E-state index contributed by atoms with van der Waals surface area (Å²) in [7, 11) is 0. The Labute approximate surface area is 72.9 Å². The van der Waals surface area contributed by atoms with Gasteiger partial charge in [-0.3, -0.25) is 4.79 Å². The van der Waals surface area contributed by atoms with E-state index in [1.54, 1.807) is 0 Å². The highest BCUT2D eigenvalue weighted by Crippen LogP contribution is 2.04. The summed E-state index contributed by atoms with van der Waals surface area (Å²) in [6.45, 7) is 4.90. The fourth-order valence-electron chi connectivity index (χ4n) is 0.916. The smallest absolute Gasteiger partial charge is 0.247 e. The van der Waals surface area contributed by atoms with Crippen LogP contribution in [0.25, 0.3) is 0 Å². The summed E-state index contributed by atoms with van der Waals surface area (Å²) in [5, 5.41) is -0.423. The average Bonchev–Trinajstić information content (AvgIpc) is 1.87. The molecule has 0 rings (SSSR count). The normalized spacial score (nSPS) is 13.0. The molecule has 0 fully saturated rings. The van der Waals surface area contributed by atoms with E-state index in [-0.39, 0.29) is 6.61 Å². The standard InChI is InChI=1S/C8H15ClO2/c1-3-4-7(2)5-11-6-8(9)10/h7H,3-6H2,1-2H3. The van der Waals surface area contributed by atoms with Crippen molar-refractivity contribution in [2.75, 3.05) is 13.2 Å². The Morgan fingerprint density at radius 2 is 2.27 bits per heavy atom. The first-order chi connectivity index (χ1) is 5.16. The molecule has 0 aromatic rings. The average molecular weight is 179 g/mol. The Bertz CT molecular complexity index is 115. The van der Waals surface area contributed by atoms with Crippen molar-refractivity contribution < 1.29 is 9.53 Å². The highest BCUT2D eigenvalue weighted by molar-refractivity contribution is 6.63. The molecule has 3 heteroatoms. The molecule has 0 aliphatic carbocycles. The maximum atomic E-state index is 10.2. The number of halogens is 1. The largest absolute Gasteiger partial charge is 0.372 e. The minimum Gasteiger partial charge on any atom is -0.372 e. The van der Waals surface area contributed by atoms with Gasteiger partial charge in [-0.25, -0.2) is 0 Å². The van der Waals surface area contributed by atoms with Gasteiger partial charge < -0.3 is 4.74 Å². The van der Waals surface area contributed by atoms with Crippen LogP contribution < -0.4 is 0 Å². The van der Waals surface area contributed by atoms with Crippen molar-refractivity contribution in [2.24, 2.45) is 5.92 Å². The Morgan fingerprint density at radius 1 is 1.64 bits per heavy atom. The van der Waals surface area contributed by atoms with Gasteiger partial charge in [-0.2, -0.15) is 0 Å². The molecule has 0 aliphatic heterocycles. The number of carbonyl (C=O) groups is 1. The van der Waals surface area contributed by atoms with Crippen LogP contribution in [0, 0.1) is 5.92 Å². The molecule has 0 spiro atoms. The van der Waals surface area contributed by atoms with Gasteiger partial charge in [0.1, 0.15) is 6.61 Å². The molecule has 2 nitrogen and oxygen atoms in total. The van der Waals surface area contributed by atoms with Gasteiger partial charge in [-0.1, -0.05) is 20.3 Å². The van der Waals surface area contributed by atoms with E-state index in [1.807, 2.05) is 0 Å². The first-order valence-corrected chi connectivity index (χ1v) is 4.30. The molecule has 0 aromatic heterocycles. The van der Waals surface area contributed by atoms with E-state index in [1.165, 1.54) is 0 Å². The summed E-state index contributed by atoms with van der Waals surface area (Å²) in [6, 6.07) is 0. The van der Waals surface area contributed by atoms with Crippen LogP contribution in [0.5, 0.6) is 0 Å². The van der Waals surface area contributed by atoms with Crippen molar-refractivity contribution in [2.45, 2.75) is 26.7 Å². The molecule has 0 bridgehead atoms. The molecule has 0 N–H and O–H groups in total. The first-order valence-electron chi connectivity index (χ1n) is 3.92. The molecule has 0 heterocycles. The molecule has 0 saturated heterocycles. The van der Waals surface area contributed by atoms with Crippen LogP contribution in [-0.2, 0) is 9.53 Å². The molecule has 66 valence electrons. The van der Waals surface area contributed by atoms with Gasteiger partial charge in [0.25, 0.3) is 0 Å². The van der Waals surface area contributed by atoms with Crippen molar-refractivity contribution in [3.63, 3.8) is 0 Å². The predicted molar refractivity (Wildman–Crippen MR) is 45.8 cm³/mol. The van der Waals surface area contributed by atoms with Crippen LogP contribution in [0.2, 0.25) is 0 Å². The number of hydrogen-bond donors (Lipinski definition) is 0. The van der Waals surface area contributed by atoms with Gasteiger partial charge in [0, 0.05) is 6.61 Å². The molecular weight excluding hydrogens is 164 g/mol. The molecule has 0 radical (unpaired) electrons. The lowest BCUT2D eigenvalue weighted by Gasteiger charge is -2.08. The zero-order valence-electron chi connectivity index (χ0n) is 7.10. The van der Waals surface area contributed by atoms with Crippen molar-refractivity contribution in [3.8, 4) is 0 Å². The zero-order chi connectivity index (χ0) is 8.69. The van der Waals surface area contributed by atoms with Gasteiger partial charge in [0.2, 0.25) is 5.24 Å². The van der Waals surface area contributed by atoms with Crippen molar-refractivity contribution in [3.05, 3.63) is 0 Å². The third kappa shape index (κ3) is 7.82. The summed E-state index contributed by atoms with van der Waals surface area (Å²) in [5.41, 5.74) is 0. The van der Waals surface area contributed by atoms with Gasteiger partial charge in [-0.15, -0.1) is 0 Å². The minimum atomic E-state index is -0.423. The lowest BCUT2D eigenvalue weighted by Crippen LogP contribution is -2.09. The Kier molecular flexibility index (Phi) is 6.57. The second-order valence-electron chi connectivity index (χ2n) is 2.76. The number of ether oxygens (including phenoxy) is 1. The first kappa shape index (κ1) is 10.9. The summed E-state index contributed by atoms with van der Waals surface area (Å²) in [4.78, 5) is 10.2. The third-order valence-corrected chi connectivity index (χ3v) is 1.51. The van der Waals surface area contributed by atoms with E-state index in [2.05, 4.69) is 13.8 Å². The lowest BCUT2D eigenvalue weighted by atomic mass is 10.1. The Hall–Kier alpha value is -0.0800. The monoisotopic (exact) mass is 178 g/mol. The number of hydrogen-bond acceptors (Lipinski definition) is 2. The van der Waals surface area contributed by atoms with Crippen molar-refractivity contribution in [1.29, 1.82) is 0 Å². The number of carbonyl (C=O) groups excluding carboxylic acids is 1. The van der Waals surface area contributed by atoms with Crippen LogP contribution in [0.1, 0.15) is 26.7 Å². The van der Waals surface area contributed by atoms with E-state index >= 15 is 0 Å². The van der Waals surface area contributed by atoms with E-state index < -0.39 is 5.24 Å². The topological polar surface area (TPSA) is 26.3 Å². The van der Waals surface area contributed by atoms with Crippen molar-refractivity contribution >= 4 is 16.8 Å². The van der Waals surface area contributed by atoms with Gasteiger partial charge >= 0.3 is 0 Å². The third-order valence-electron chi connectivity index (χ3n) is 1.40. The summed E-state index contributed by atoms with van der Waals surface area (Å²) in [5.74, 6) is 0.524.